The van der Waals surface area contributed by atoms with Crippen molar-refractivity contribution in [3.05, 3.63) is 48.0 Å². The van der Waals surface area contributed by atoms with Crippen LogP contribution in [0.4, 0.5) is 0 Å². The van der Waals surface area contributed by atoms with Gasteiger partial charge in [0.05, 0.1) is 0 Å². The van der Waals surface area contributed by atoms with Gasteiger partial charge >= 0.3 is 0 Å². The summed E-state index contributed by atoms with van der Waals surface area (Å²) in [5, 5.41) is 0. The maximum Gasteiger partial charge on any atom is -0.0162 e. The Balaban J connectivity index is 1.86. The van der Waals surface area contributed by atoms with Crippen LogP contribution in [0.5, 0.6) is 0 Å². The van der Waals surface area contributed by atoms with Crippen molar-refractivity contribution in [2.45, 2.75) is 57.8 Å². The first-order chi connectivity index (χ1) is 8.83. The normalized spacial score (nSPS) is 23.8. The highest BCUT2D eigenvalue weighted by Crippen LogP contribution is 2.37. The van der Waals surface area contributed by atoms with E-state index in [0.717, 1.165) is 18.3 Å². The molecule has 0 aromatic heterocycles. The molecule has 0 nitrogen and oxygen atoms in total. The van der Waals surface area contributed by atoms with Gasteiger partial charge in [-0.25, -0.2) is 0 Å². The second-order valence-electron chi connectivity index (χ2n) is 5.68. The van der Waals surface area contributed by atoms with Crippen LogP contribution < -0.4 is 0 Å². The predicted octanol–water partition coefficient (Wildman–Crippen LogP) is 5.49. The molecule has 0 heteroatoms. The number of hydrogen-bond donors (Lipinski definition) is 0. The Morgan fingerprint density at radius 1 is 1.11 bits per heavy atom. The van der Waals surface area contributed by atoms with Crippen LogP contribution in [0.1, 0.15) is 62.5 Å². The van der Waals surface area contributed by atoms with E-state index in [0.29, 0.717) is 0 Å². The lowest BCUT2D eigenvalue weighted by molar-refractivity contribution is 0.312. The van der Waals surface area contributed by atoms with Gasteiger partial charge in [0.1, 0.15) is 0 Å². The predicted molar refractivity (Wildman–Crippen MR) is 80.0 cm³/mol. The first kappa shape index (κ1) is 13.4. The lowest BCUT2D eigenvalue weighted by Crippen LogP contribution is -2.13. The number of rotatable bonds is 5. The summed E-state index contributed by atoms with van der Waals surface area (Å²) in [6.07, 6.45) is 11.3. The molecular formula is C18H26. The average molecular weight is 242 g/mol. The van der Waals surface area contributed by atoms with Gasteiger partial charge in [-0.05, 0) is 67.9 Å². The van der Waals surface area contributed by atoms with Gasteiger partial charge in [0.15, 0.2) is 0 Å². The first-order valence-electron chi connectivity index (χ1n) is 7.53. The molecule has 0 heterocycles. The van der Waals surface area contributed by atoms with Gasteiger partial charge in [-0.15, -0.1) is 6.58 Å². The summed E-state index contributed by atoms with van der Waals surface area (Å²) >= 11 is 0. The van der Waals surface area contributed by atoms with Crippen molar-refractivity contribution in [1.29, 1.82) is 0 Å². The average Bonchev–Trinajstić information content (AvgIpc) is 2.46. The largest absolute Gasteiger partial charge is 0.103 e. The lowest BCUT2D eigenvalue weighted by atomic mass is 9.77. The Labute approximate surface area is 112 Å². The van der Waals surface area contributed by atoms with E-state index in [2.05, 4.69) is 43.8 Å². The fraction of sp³-hybridized carbons (Fsp3) is 0.556. The molecule has 0 bridgehead atoms. The third-order valence-electron chi connectivity index (χ3n) is 4.49. The second-order valence-corrected chi connectivity index (χ2v) is 5.68. The zero-order valence-electron chi connectivity index (χ0n) is 11.7. The van der Waals surface area contributed by atoms with E-state index in [4.69, 9.17) is 0 Å². The molecule has 18 heavy (non-hydrogen) atoms. The van der Waals surface area contributed by atoms with Crippen LogP contribution in [0.25, 0.3) is 0 Å². The van der Waals surface area contributed by atoms with E-state index >= 15 is 0 Å². The first-order valence-corrected chi connectivity index (χ1v) is 7.53. The molecule has 1 saturated carbocycles. The third-order valence-corrected chi connectivity index (χ3v) is 4.49. The molecule has 0 atom stereocenters. The Morgan fingerprint density at radius 2 is 1.78 bits per heavy atom. The minimum absolute atomic E-state index is 0.816. The van der Waals surface area contributed by atoms with Crippen molar-refractivity contribution in [3.8, 4) is 0 Å². The minimum atomic E-state index is 0.816. The molecular weight excluding hydrogens is 216 g/mol. The Kier molecular flexibility index (Phi) is 5.04. The molecule has 0 spiro atoms. The van der Waals surface area contributed by atoms with Crippen LogP contribution in [0.15, 0.2) is 36.9 Å². The van der Waals surface area contributed by atoms with Gasteiger partial charge in [-0.2, -0.15) is 0 Å². The molecule has 0 saturated heterocycles. The zero-order chi connectivity index (χ0) is 12.8. The Bertz CT molecular complexity index is 352. The number of benzene rings is 1. The van der Waals surface area contributed by atoms with Gasteiger partial charge in [0.25, 0.3) is 0 Å². The van der Waals surface area contributed by atoms with E-state index in [1.54, 1.807) is 5.56 Å². The fourth-order valence-electron chi connectivity index (χ4n) is 3.16. The number of aryl methyl sites for hydroxylation is 1. The van der Waals surface area contributed by atoms with Crippen LogP contribution in [-0.4, -0.2) is 0 Å². The maximum absolute atomic E-state index is 3.82. The molecule has 0 radical (unpaired) electrons. The highest BCUT2D eigenvalue weighted by molar-refractivity contribution is 5.25. The molecule has 0 amide bonds. The molecule has 1 aromatic rings. The molecule has 0 aliphatic heterocycles. The van der Waals surface area contributed by atoms with Gasteiger partial charge in [-0.1, -0.05) is 37.3 Å². The van der Waals surface area contributed by atoms with Crippen molar-refractivity contribution in [2.24, 2.45) is 5.92 Å². The fourth-order valence-corrected chi connectivity index (χ4v) is 3.16. The monoisotopic (exact) mass is 242 g/mol. The van der Waals surface area contributed by atoms with Gasteiger partial charge in [-0.3, -0.25) is 0 Å². The summed E-state index contributed by atoms with van der Waals surface area (Å²) < 4.78 is 0. The van der Waals surface area contributed by atoms with Crippen molar-refractivity contribution >= 4 is 0 Å². The molecule has 1 aliphatic carbocycles. The van der Waals surface area contributed by atoms with Crippen molar-refractivity contribution in [1.82, 2.24) is 0 Å². The summed E-state index contributed by atoms with van der Waals surface area (Å²) in [5.74, 6) is 1.77. The van der Waals surface area contributed by atoms with Gasteiger partial charge in [0, 0.05) is 0 Å². The van der Waals surface area contributed by atoms with Crippen molar-refractivity contribution in [3.63, 3.8) is 0 Å². The van der Waals surface area contributed by atoms with Crippen LogP contribution in [0.3, 0.4) is 0 Å². The minimum Gasteiger partial charge on any atom is -0.103 e. The molecule has 1 aliphatic rings. The number of hydrogen-bond acceptors (Lipinski definition) is 0. The van der Waals surface area contributed by atoms with Gasteiger partial charge in [0.2, 0.25) is 0 Å². The molecule has 2 rings (SSSR count). The van der Waals surface area contributed by atoms with Crippen LogP contribution in [0, 0.1) is 5.92 Å². The summed E-state index contributed by atoms with van der Waals surface area (Å²) in [4.78, 5) is 0. The lowest BCUT2D eigenvalue weighted by Gasteiger charge is -2.28. The summed E-state index contributed by atoms with van der Waals surface area (Å²) in [7, 11) is 0. The van der Waals surface area contributed by atoms with Gasteiger partial charge < -0.3 is 0 Å². The van der Waals surface area contributed by atoms with Crippen molar-refractivity contribution < 1.29 is 0 Å². The zero-order valence-corrected chi connectivity index (χ0v) is 11.7. The quantitative estimate of drug-likeness (QED) is 0.599. The molecule has 1 fully saturated rings. The SMILES string of the molecule is C=CCCC1CCC(c2ccc(CC)cc2)CC1. The topological polar surface area (TPSA) is 0 Å². The molecule has 98 valence electrons. The maximum atomic E-state index is 3.82. The highest BCUT2D eigenvalue weighted by atomic mass is 14.3. The van der Waals surface area contributed by atoms with Crippen LogP contribution >= 0.6 is 0 Å². The van der Waals surface area contributed by atoms with E-state index < -0.39 is 0 Å². The van der Waals surface area contributed by atoms with Crippen LogP contribution in [-0.2, 0) is 6.42 Å². The number of allylic oxidation sites excluding steroid dienone is 1. The molecule has 0 unspecified atom stereocenters. The summed E-state index contributed by atoms with van der Waals surface area (Å²) in [6.45, 7) is 6.05. The second kappa shape index (κ2) is 6.78. The molecule has 1 aromatic carbocycles. The van der Waals surface area contributed by atoms with E-state index in [9.17, 15) is 0 Å². The van der Waals surface area contributed by atoms with E-state index in [1.165, 1.54) is 44.1 Å². The van der Waals surface area contributed by atoms with Crippen molar-refractivity contribution in [2.75, 3.05) is 0 Å². The summed E-state index contributed by atoms with van der Waals surface area (Å²) in [5.41, 5.74) is 3.02. The van der Waals surface area contributed by atoms with E-state index in [1.807, 2.05) is 0 Å². The smallest absolute Gasteiger partial charge is 0.0162 e. The standard InChI is InChI=1S/C18H26/c1-3-5-6-16-9-13-18(14-10-16)17-11-7-15(4-2)8-12-17/h3,7-8,11-12,16,18H,1,4-6,9-10,13-14H2,2H3. The third kappa shape index (κ3) is 3.48. The highest BCUT2D eigenvalue weighted by Gasteiger charge is 2.21. The molecule has 0 N–H and O–H groups in total. The van der Waals surface area contributed by atoms with E-state index in [-0.39, 0.29) is 0 Å². The Hall–Kier alpha value is -1.04. The summed E-state index contributed by atoms with van der Waals surface area (Å²) in [6, 6.07) is 9.32. The van der Waals surface area contributed by atoms with Crippen LogP contribution in [0.2, 0.25) is 0 Å². The Morgan fingerprint density at radius 3 is 2.33 bits per heavy atom.